The van der Waals surface area contributed by atoms with Gasteiger partial charge >= 0.3 is 0 Å². The summed E-state index contributed by atoms with van der Waals surface area (Å²) in [4.78, 5) is 23.2. The maximum absolute atomic E-state index is 12.3. The Morgan fingerprint density at radius 2 is 2.03 bits per heavy atom. The van der Waals surface area contributed by atoms with Crippen molar-refractivity contribution in [2.45, 2.75) is 19.9 Å². The highest BCUT2D eigenvalue weighted by Gasteiger charge is 2.18. The number of carbonyl (C=O) groups excluding carboxylic acids is 1. The normalized spacial score (nSPS) is 11.1. The van der Waals surface area contributed by atoms with Gasteiger partial charge in [0.2, 0.25) is 6.33 Å². The molecule has 0 spiro atoms. The van der Waals surface area contributed by atoms with Gasteiger partial charge in [0.1, 0.15) is 24.6 Å². The SMILES string of the molecule is CCc1c(C[n+]2cc[nH]c2)cccc1Nc1c(C(N)=O)cnc2[nH]c(-c3ccc(Cl)cc3)cc12. The molecule has 170 valence electrons. The highest BCUT2D eigenvalue weighted by atomic mass is 35.5. The smallest absolute Gasteiger partial charge is 0.252 e. The van der Waals surface area contributed by atoms with Gasteiger partial charge in [-0.25, -0.2) is 9.55 Å². The molecule has 0 saturated carbocycles. The van der Waals surface area contributed by atoms with Gasteiger partial charge in [-0.15, -0.1) is 0 Å². The van der Waals surface area contributed by atoms with Crippen LogP contribution < -0.4 is 15.6 Å². The molecule has 34 heavy (non-hydrogen) atoms. The van der Waals surface area contributed by atoms with Crippen LogP contribution in [-0.4, -0.2) is 20.9 Å². The molecule has 3 aromatic heterocycles. The minimum atomic E-state index is -0.539. The minimum Gasteiger partial charge on any atom is -0.365 e. The van der Waals surface area contributed by atoms with Crippen LogP contribution >= 0.6 is 11.6 Å². The Hall–Kier alpha value is -4.10. The van der Waals surface area contributed by atoms with Crippen molar-refractivity contribution in [2.24, 2.45) is 5.73 Å². The Labute approximate surface area is 201 Å². The van der Waals surface area contributed by atoms with Crippen molar-refractivity contribution in [3.05, 3.63) is 95.2 Å². The summed E-state index contributed by atoms with van der Waals surface area (Å²) in [7, 11) is 0. The molecule has 0 fully saturated rings. The fourth-order valence-electron chi connectivity index (χ4n) is 4.25. The first-order valence-electron chi connectivity index (χ1n) is 11.0. The summed E-state index contributed by atoms with van der Waals surface area (Å²) in [6, 6.07) is 15.7. The lowest BCUT2D eigenvalue weighted by Gasteiger charge is -2.16. The van der Waals surface area contributed by atoms with E-state index >= 15 is 0 Å². The second kappa shape index (κ2) is 9.03. The lowest BCUT2D eigenvalue weighted by atomic mass is 10.0. The molecule has 0 saturated heterocycles. The monoisotopic (exact) mass is 471 g/mol. The fourth-order valence-corrected chi connectivity index (χ4v) is 4.37. The molecular formula is C26H24ClN6O+. The van der Waals surface area contributed by atoms with Crippen LogP contribution in [0.1, 0.15) is 28.4 Å². The Bertz CT molecular complexity index is 1470. The van der Waals surface area contributed by atoms with Gasteiger partial charge in [-0.3, -0.25) is 9.78 Å². The van der Waals surface area contributed by atoms with E-state index in [-0.39, 0.29) is 0 Å². The van der Waals surface area contributed by atoms with E-state index < -0.39 is 5.91 Å². The molecule has 5 rings (SSSR count). The summed E-state index contributed by atoms with van der Waals surface area (Å²) >= 11 is 6.05. The molecule has 3 heterocycles. The number of nitrogens with two attached hydrogens (primary N) is 1. The first-order chi connectivity index (χ1) is 16.5. The van der Waals surface area contributed by atoms with Crippen LogP contribution in [0.2, 0.25) is 5.02 Å². The number of primary amides is 1. The first-order valence-corrected chi connectivity index (χ1v) is 11.4. The lowest BCUT2D eigenvalue weighted by Crippen LogP contribution is -2.31. The number of anilines is 2. The van der Waals surface area contributed by atoms with E-state index in [0.29, 0.717) is 21.9 Å². The number of amides is 1. The zero-order valence-corrected chi connectivity index (χ0v) is 19.4. The van der Waals surface area contributed by atoms with Gasteiger partial charge in [-0.05, 0) is 47.4 Å². The summed E-state index contributed by atoms with van der Waals surface area (Å²) in [5.41, 5.74) is 12.5. The molecule has 0 aliphatic heterocycles. The summed E-state index contributed by atoms with van der Waals surface area (Å²) in [5, 5.41) is 4.96. The summed E-state index contributed by atoms with van der Waals surface area (Å²) < 4.78 is 2.09. The third-order valence-electron chi connectivity index (χ3n) is 5.92. The quantitative estimate of drug-likeness (QED) is 0.252. The van der Waals surface area contributed by atoms with E-state index in [0.717, 1.165) is 35.3 Å². The summed E-state index contributed by atoms with van der Waals surface area (Å²) in [6.07, 6.45) is 8.16. The van der Waals surface area contributed by atoms with E-state index in [2.05, 4.69) is 37.8 Å². The largest absolute Gasteiger partial charge is 0.365 e. The van der Waals surface area contributed by atoms with Gasteiger partial charge in [0.15, 0.2) is 0 Å². The molecule has 0 atom stereocenters. The number of aromatic nitrogens is 4. The minimum absolute atomic E-state index is 0.335. The number of carbonyl (C=O) groups is 1. The van der Waals surface area contributed by atoms with E-state index in [1.807, 2.05) is 61.2 Å². The van der Waals surface area contributed by atoms with Gasteiger partial charge in [0, 0.05) is 28.0 Å². The van der Waals surface area contributed by atoms with Crippen molar-refractivity contribution < 1.29 is 9.36 Å². The van der Waals surface area contributed by atoms with Crippen molar-refractivity contribution in [3.63, 3.8) is 0 Å². The number of imidazole rings is 1. The molecule has 5 aromatic rings. The van der Waals surface area contributed by atoms with E-state index in [1.54, 1.807) is 0 Å². The topological polar surface area (TPSA) is 103 Å². The van der Waals surface area contributed by atoms with Gasteiger partial charge in [0.25, 0.3) is 5.91 Å². The lowest BCUT2D eigenvalue weighted by molar-refractivity contribution is -0.687. The van der Waals surface area contributed by atoms with Gasteiger partial charge in [0.05, 0.1) is 11.3 Å². The van der Waals surface area contributed by atoms with Crippen LogP contribution in [0, 0.1) is 0 Å². The maximum atomic E-state index is 12.3. The number of aromatic amines is 2. The summed E-state index contributed by atoms with van der Waals surface area (Å²) in [6.45, 7) is 2.86. The predicted octanol–water partition coefficient (Wildman–Crippen LogP) is 4.95. The third-order valence-corrected chi connectivity index (χ3v) is 6.17. The van der Waals surface area contributed by atoms with Gasteiger partial charge < -0.3 is 16.0 Å². The standard InChI is InChI=1S/C26H23ClN6O/c1-2-19-17(14-33-11-10-29-15-33)4-3-5-22(19)31-24-20-12-23(16-6-8-18(27)9-7-16)32-26(20)30-13-21(24)25(28)34/h3-13,15H,2,14H2,1H3,(H4,28,30,31,32,34)/p+1. The van der Waals surface area contributed by atoms with Crippen LogP contribution in [0.3, 0.4) is 0 Å². The van der Waals surface area contributed by atoms with Crippen molar-refractivity contribution in [2.75, 3.05) is 5.32 Å². The fraction of sp³-hybridized carbons (Fsp3) is 0.115. The molecule has 0 aliphatic carbocycles. The highest BCUT2D eigenvalue weighted by Crippen LogP contribution is 2.34. The molecule has 2 aromatic carbocycles. The number of fused-ring (bicyclic) bond motifs is 1. The first kappa shape index (κ1) is 21.7. The van der Waals surface area contributed by atoms with Gasteiger partial charge in [-0.2, -0.15) is 0 Å². The number of nitrogens with zero attached hydrogens (tertiary/aromatic N) is 2. The van der Waals surface area contributed by atoms with Crippen LogP contribution in [0.25, 0.3) is 22.3 Å². The van der Waals surface area contributed by atoms with Crippen molar-refractivity contribution in [1.29, 1.82) is 0 Å². The van der Waals surface area contributed by atoms with E-state index in [1.165, 1.54) is 17.3 Å². The number of hydrogen-bond acceptors (Lipinski definition) is 3. The van der Waals surface area contributed by atoms with Gasteiger partial charge in [-0.1, -0.05) is 42.8 Å². The van der Waals surface area contributed by atoms with Crippen LogP contribution in [-0.2, 0) is 13.0 Å². The molecule has 0 unspecified atom stereocenters. The number of H-pyrrole nitrogens is 2. The number of rotatable bonds is 7. The van der Waals surface area contributed by atoms with Crippen molar-refractivity contribution in [1.82, 2.24) is 15.0 Å². The Kier molecular flexibility index (Phi) is 5.77. The van der Waals surface area contributed by atoms with Crippen molar-refractivity contribution in [3.8, 4) is 11.3 Å². The maximum Gasteiger partial charge on any atom is 0.252 e. The number of halogens is 1. The molecule has 5 N–H and O–H groups in total. The average Bonchev–Trinajstić information content (AvgIpc) is 3.50. The Morgan fingerprint density at radius 1 is 1.21 bits per heavy atom. The molecule has 8 heteroatoms. The second-order valence-electron chi connectivity index (χ2n) is 8.07. The highest BCUT2D eigenvalue weighted by molar-refractivity contribution is 6.30. The molecule has 0 radical (unpaired) electrons. The molecule has 7 nitrogen and oxygen atoms in total. The molecule has 0 aliphatic rings. The predicted molar refractivity (Wildman–Crippen MR) is 134 cm³/mol. The number of nitrogens with one attached hydrogen (secondary N) is 3. The Balaban J connectivity index is 1.61. The van der Waals surface area contributed by atoms with E-state index in [4.69, 9.17) is 17.3 Å². The van der Waals surface area contributed by atoms with Crippen LogP contribution in [0.5, 0.6) is 0 Å². The van der Waals surface area contributed by atoms with E-state index in [9.17, 15) is 4.79 Å². The molecular weight excluding hydrogens is 448 g/mol. The van der Waals surface area contributed by atoms with Crippen LogP contribution in [0.15, 0.2) is 73.4 Å². The van der Waals surface area contributed by atoms with Crippen molar-refractivity contribution >= 4 is 39.9 Å². The zero-order chi connectivity index (χ0) is 23.7. The van der Waals surface area contributed by atoms with Crippen LogP contribution in [0.4, 0.5) is 11.4 Å². The number of pyridine rings is 1. The number of benzene rings is 2. The number of hydrogen-bond donors (Lipinski definition) is 4. The average molecular weight is 472 g/mol. The Morgan fingerprint density at radius 3 is 2.74 bits per heavy atom. The second-order valence-corrected chi connectivity index (χ2v) is 8.51. The third kappa shape index (κ3) is 4.13. The molecule has 1 amide bonds. The summed E-state index contributed by atoms with van der Waals surface area (Å²) in [5.74, 6) is -0.539. The molecule has 0 bridgehead atoms. The zero-order valence-electron chi connectivity index (χ0n) is 18.6.